The molecule has 1 atom stereocenters. The minimum atomic E-state index is -3.37. The molecule has 6 nitrogen and oxygen atoms in total. The molecule has 1 aromatic heterocycles. The highest BCUT2D eigenvalue weighted by molar-refractivity contribution is 7.93. The van der Waals surface area contributed by atoms with Crippen LogP contribution in [0.4, 0.5) is 0 Å². The SMILES string of the molecule is Cc1cc(OCC(C)NCCCS(=O)(=O)c2sc3ccc(Cl)cc3c2C)ccc1CCC(=O)O. The monoisotopic (exact) mass is 523 g/mol. The number of aliphatic carboxylic acids is 1. The van der Waals surface area contributed by atoms with Crippen molar-refractivity contribution in [1.29, 1.82) is 0 Å². The summed E-state index contributed by atoms with van der Waals surface area (Å²) in [6, 6.07) is 11.2. The van der Waals surface area contributed by atoms with E-state index in [0.717, 1.165) is 32.5 Å². The van der Waals surface area contributed by atoms with Gasteiger partial charge in [-0.15, -0.1) is 11.3 Å². The van der Waals surface area contributed by atoms with E-state index in [9.17, 15) is 13.2 Å². The van der Waals surface area contributed by atoms with Gasteiger partial charge in [0.05, 0.1) is 5.75 Å². The molecule has 0 fully saturated rings. The minimum Gasteiger partial charge on any atom is -0.492 e. The highest BCUT2D eigenvalue weighted by Crippen LogP contribution is 2.36. The molecule has 2 N–H and O–H groups in total. The third kappa shape index (κ3) is 6.95. The van der Waals surface area contributed by atoms with E-state index in [1.54, 1.807) is 6.07 Å². The average Bonchev–Trinajstić information content (AvgIpc) is 3.11. The maximum Gasteiger partial charge on any atom is 0.303 e. The molecule has 184 valence electrons. The first-order chi connectivity index (χ1) is 16.1. The lowest BCUT2D eigenvalue weighted by atomic mass is 10.0. The lowest BCUT2D eigenvalue weighted by molar-refractivity contribution is -0.136. The molecule has 0 saturated heterocycles. The van der Waals surface area contributed by atoms with Gasteiger partial charge < -0.3 is 15.2 Å². The van der Waals surface area contributed by atoms with E-state index < -0.39 is 15.8 Å². The quantitative estimate of drug-likeness (QED) is 0.308. The molecule has 9 heteroatoms. The Hall–Kier alpha value is -2.13. The third-order valence-electron chi connectivity index (χ3n) is 5.64. The van der Waals surface area contributed by atoms with Crippen molar-refractivity contribution in [1.82, 2.24) is 5.32 Å². The number of hydrogen-bond donors (Lipinski definition) is 2. The minimum absolute atomic E-state index is 0.0444. The van der Waals surface area contributed by atoms with Gasteiger partial charge >= 0.3 is 5.97 Å². The van der Waals surface area contributed by atoms with Crippen molar-refractivity contribution in [2.24, 2.45) is 0 Å². The number of rotatable bonds is 12. The van der Waals surface area contributed by atoms with Crippen molar-refractivity contribution in [2.75, 3.05) is 18.9 Å². The van der Waals surface area contributed by atoms with E-state index in [0.29, 0.717) is 35.2 Å². The van der Waals surface area contributed by atoms with Gasteiger partial charge in [-0.2, -0.15) is 0 Å². The molecular formula is C25H30ClNO5S2. The van der Waals surface area contributed by atoms with Gasteiger partial charge in [0.1, 0.15) is 16.6 Å². The topological polar surface area (TPSA) is 92.7 Å². The second kappa shape index (κ2) is 11.5. The lowest BCUT2D eigenvalue weighted by Crippen LogP contribution is -2.33. The van der Waals surface area contributed by atoms with E-state index in [-0.39, 0.29) is 18.2 Å². The van der Waals surface area contributed by atoms with Crippen LogP contribution in [0.25, 0.3) is 10.1 Å². The standard InChI is InChI=1S/C25H30ClNO5S2/c1-16-13-21(8-5-19(16)6-10-24(28)29)32-15-17(2)27-11-4-12-34(30,31)25-18(3)22-14-20(26)7-9-23(22)33-25/h5,7-9,13-14,17,27H,4,6,10-12,15H2,1-3H3,(H,28,29). The van der Waals surface area contributed by atoms with Crippen LogP contribution in [0.1, 0.15) is 36.5 Å². The molecule has 0 spiro atoms. The van der Waals surface area contributed by atoms with Crippen LogP contribution in [0.5, 0.6) is 5.75 Å². The summed E-state index contributed by atoms with van der Waals surface area (Å²) >= 11 is 7.37. The molecule has 1 heterocycles. The molecular weight excluding hydrogens is 494 g/mol. The van der Waals surface area contributed by atoms with Gasteiger partial charge in [0.25, 0.3) is 0 Å². The fourth-order valence-electron chi connectivity index (χ4n) is 3.73. The largest absolute Gasteiger partial charge is 0.492 e. The molecule has 34 heavy (non-hydrogen) atoms. The van der Waals surface area contributed by atoms with Crippen LogP contribution in [-0.4, -0.2) is 44.4 Å². The number of sulfone groups is 1. The molecule has 0 saturated carbocycles. The number of nitrogens with one attached hydrogen (secondary N) is 1. The van der Waals surface area contributed by atoms with E-state index in [4.69, 9.17) is 21.4 Å². The van der Waals surface area contributed by atoms with E-state index in [1.165, 1.54) is 11.3 Å². The molecule has 0 aliphatic heterocycles. The van der Waals surface area contributed by atoms with E-state index in [2.05, 4.69) is 5.32 Å². The second-order valence-corrected chi connectivity index (χ2v) is 12.3. The van der Waals surface area contributed by atoms with Gasteiger partial charge in [-0.25, -0.2) is 8.42 Å². The lowest BCUT2D eigenvalue weighted by Gasteiger charge is -2.16. The van der Waals surface area contributed by atoms with Crippen LogP contribution in [0.15, 0.2) is 40.6 Å². The van der Waals surface area contributed by atoms with E-state index >= 15 is 0 Å². The molecule has 3 rings (SSSR count). The van der Waals surface area contributed by atoms with Crippen LogP contribution >= 0.6 is 22.9 Å². The molecule has 0 aliphatic rings. The highest BCUT2D eigenvalue weighted by Gasteiger charge is 2.21. The first-order valence-electron chi connectivity index (χ1n) is 11.2. The number of fused-ring (bicyclic) bond motifs is 1. The number of carboxylic acid groups (broad SMARTS) is 1. The Balaban J connectivity index is 1.45. The molecule has 2 aromatic carbocycles. The Morgan fingerprint density at radius 1 is 1.21 bits per heavy atom. The number of halogens is 1. The summed E-state index contributed by atoms with van der Waals surface area (Å²) in [6.45, 7) is 6.77. The summed E-state index contributed by atoms with van der Waals surface area (Å²) in [4.78, 5) is 10.8. The molecule has 0 radical (unpaired) electrons. The Morgan fingerprint density at radius 3 is 2.68 bits per heavy atom. The zero-order valence-corrected chi connectivity index (χ0v) is 21.9. The van der Waals surface area contributed by atoms with Crippen molar-refractivity contribution in [3.8, 4) is 5.75 Å². The molecule has 0 bridgehead atoms. The third-order valence-corrected chi connectivity index (χ3v) is 9.65. The van der Waals surface area contributed by atoms with Crippen LogP contribution in [0, 0.1) is 13.8 Å². The Morgan fingerprint density at radius 2 is 1.97 bits per heavy atom. The van der Waals surface area contributed by atoms with Gasteiger partial charge in [0.15, 0.2) is 9.84 Å². The van der Waals surface area contributed by atoms with Crippen molar-refractivity contribution in [3.63, 3.8) is 0 Å². The number of aryl methyl sites for hydroxylation is 3. The molecule has 0 amide bonds. The van der Waals surface area contributed by atoms with Crippen molar-refractivity contribution < 1.29 is 23.1 Å². The Labute approximate surface area is 209 Å². The summed E-state index contributed by atoms with van der Waals surface area (Å²) in [6.07, 6.45) is 1.10. The maximum atomic E-state index is 12.9. The fraction of sp³-hybridized carbons (Fsp3) is 0.400. The first-order valence-corrected chi connectivity index (χ1v) is 14.0. The van der Waals surface area contributed by atoms with Crippen molar-refractivity contribution in [3.05, 3.63) is 58.1 Å². The van der Waals surface area contributed by atoms with Crippen LogP contribution in [0.3, 0.4) is 0 Å². The van der Waals surface area contributed by atoms with Crippen molar-refractivity contribution >= 4 is 48.8 Å². The summed E-state index contributed by atoms with van der Waals surface area (Å²) in [5.74, 6) is -0.00386. The Bertz CT molecular complexity index is 1270. The summed E-state index contributed by atoms with van der Waals surface area (Å²) in [5.41, 5.74) is 2.77. The number of ether oxygens (including phenoxy) is 1. The van der Waals surface area contributed by atoms with Crippen molar-refractivity contribution in [2.45, 2.75) is 50.3 Å². The normalized spacial score (nSPS) is 12.7. The molecule has 3 aromatic rings. The number of thiophene rings is 1. The highest BCUT2D eigenvalue weighted by atomic mass is 35.5. The fourth-order valence-corrected chi connectivity index (χ4v) is 7.14. The number of hydrogen-bond acceptors (Lipinski definition) is 6. The Kier molecular flexibility index (Phi) is 8.98. The maximum absolute atomic E-state index is 12.9. The van der Waals surface area contributed by atoms with E-state index in [1.807, 2.05) is 51.1 Å². The van der Waals surface area contributed by atoms with Gasteiger partial charge in [-0.05, 0) is 92.6 Å². The van der Waals surface area contributed by atoms with Gasteiger partial charge in [0, 0.05) is 22.2 Å². The average molecular weight is 524 g/mol. The summed E-state index contributed by atoms with van der Waals surface area (Å²) in [5, 5.41) is 13.6. The number of carbonyl (C=O) groups is 1. The van der Waals surface area contributed by atoms with Crippen LogP contribution < -0.4 is 10.1 Å². The number of benzene rings is 2. The summed E-state index contributed by atoms with van der Waals surface area (Å²) < 4.78 is 33.0. The van der Waals surface area contributed by atoms with Crippen LogP contribution in [0.2, 0.25) is 5.02 Å². The molecule has 0 aliphatic carbocycles. The first kappa shape index (κ1) is 26.5. The predicted octanol–water partition coefficient (Wildman–Crippen LogP) is 5.41. The second-order valence-electron chi connectivity index (χ2n) is 8.48. The van der Waals surface area contributed by atoms with Crippen LogP contribution in [-0.2, 0) is 21.1 Å². The van der Waals surface area contributed by atoms with Gasteiger partial charge in [-0.3, -0.25) is 4.79 Å². The zero-order valence-electron chi connectivity index (χ0n) is 19.6. The molecule has 1 unspecified atom stereocenters. The smallest absolute Gasteiger partial charge is 0.303 e. The summed E-state index contributed by atoms with van der Waals surface area (Å²) in [7, 11) is -3.37. The van der Waals surface area contributed by atoms with Gasteiger partial charge in [-0.1, -0.05) is 17.7 Å². The zero-order chi connectivity index (χ0) is 24.9. The number of carboxylic acids is 1. The predicted molar refractivity (Wildman–Crippen MR) is 138 cm³/mol. The van der Waals surface area contributed by atoms with Gasteiger partial charge in [0.2, 0.25) is 0 Å².